The van der Waals surface area contributed by atoms with Gasteiger partial charge in [-0.05, 0) is 12.0 Å². The number of hydrazine groups is 1. The molecule has 0 radical (unpaired) electrons. The molecule has 0 aromatic heterocycles. The molecule has 16 heteroatoms. The van der Waals surface area contributed by atoms with Crippen molar-refractivity contribution in [2.75, 3.05) is 6.54 Å². The van der Waals surface area contributed by atoms with Crippen LogP contribution in [0.15, 0.2) is 12.1 Å². The minimum Gasteiger partial charge on any atom is -0.322 e. The van der Waals surface area contributed by atoms with Crippen molar-refractivity contribution in [2.45, 2.75) is 51.1 Å². The molecule has 3 heterocycles. The maximum atomic E-state index is 15.1. The van der Waals surface area contributed by atoms with Gasteiger partial charge in [-0.25, -0.2) is 14.1 Å². The van der Waals surface area contributed by atoms with Gasteiger partial charge >= 0.3 is 12.3 Å². The van der Waals surface area contributed by atoms with Crippen molar-refractivity contribution in [3.05, 3.63) is 39.5 Å². The lowest BCUT2D eigenvalue weighted by molar-refractivity contribution is -0.796. The maximum Gasteiger partial charge on any atom is 0.441 e. The van der Waals surface area contributed by atoms with Gasteiger partial charge in [-0.15, -0.1) is 0 Å². The molecule has 0 bridgehead atoms. The van der Waals surface area contributed by atoms with E-state index in [2.05, 4.69) is 20.5 Å². The van der Waals surface area contributed by atoms with Crippen LogP contribution in [0, 0.1) is 16.6 Å². The molecule has 0 saturated carbocycles. The van der Waals surface area contributed by atoms with Gasteiger partial charge in [-0.1, -0.05) is 19.1 Å². The Kier molecular flexibility index (Phi) is 6.55. The number of nitrogens with zero attached hydrogens (tertiary/aromatic N) is 3. The van der Waals surface area contributed by atoms with Crippen LogP contribution in [0.4, 0.5) is 22.4 Å². The normalized spacial score (nSPS) is 24.2. The molecule has 2 fully saturated rings. The van der Waals surface area contributed by atoms with E-state index in [9.17, 15) is 37.3 Å². The number of carbonyl (C=O) groups excluding carboxylic acids is 4. The summed E-state index contributed by atoms with van der Waals surface area (Å²) >= 11 is 0. The van der Waals surface area contributed by atoms with Crippen LogP contribution in [0.1, 0.15) is 41.3 Å². The Morgan fingerprint density at radius 3 is 2.67 bits per heavy atom. The number of hydroxylamine groups is 1. The number of alkyl halides is 3. The lowest BCUT2D eigenvalue weighted by Gasteiger charge is -2.29. The molecule has 1 aromatic rings. The van der Waals surface area contributed by atoms with Crippen molar-refractivity contribution in [2.24, 2.45) is 5.92 Å². The predicted octanol–water partition coefficient (Wildman–Crippen LogP) is 1.24. The Labute approximate surface area is 199 Å². The Morgan fingerprint density at radius 2 is 2.00 bits per heavy atom. The number of hydrogen-bond donors (Lipinski definition) is 2. The molecule has 2 N–H and O–H groups in total. The van der Waals surface area contributed by atoms with Crippen molar-refractivity contribution in [3.8, 4) is 0 Å². The van der Waals surface area contributed by atoms with E-state index >= 15 is 4.39 Å². The second kappa shape index (κ2) is 9.33. The third-order valence-corrected chi connectivity index (χ3v) is 6.10. The van der Waals surface area contributed by atoms with Gasteiger partial charge in [0, 0.05) is 35.2 Å². The lowest BCUT2D eigenvalue weighted by Crippen LogP contribution is -2.52. The molecule has 4 amide bonds. The molecule has 36 heavy (non-hydrogen) atoms. The smallest absolute Gasteiger partial charge is 0.322 e. The first-order chi connectivity index (χ1) is 16.9. The van der Waals surface area contributed by atoms with E-state index in [-0.39, 0.29) is 40.6 Å². The summed E-state index contributed by atoms with van der Waals surface area (Å²) in [5, 5.41) is 4.04. The molecule has 12 nitrogen and oxygen atoms in total. The zero-order valence-corrected chi connectivity index (χ0v) is 18.6. The highest BCUT2D eigenvalue weighted by Gasteiger charge is 2.61. The Hall–Kier alpha value is -3.82. The fourth-order valence-electron chi connectivity index (χ4n) is 4.37. The average molecular weight is 518 g/mol. The fourth-order valence-corrected chi connectivity index (χ4v) is 4.37. The molecule has 2 saturated heterocycles. The zero-order valence-electron chi connectivity index (χ0n) is 18.6. The van der Waals surface area contributed by atoms with Gasteiger partial charge in [0.15, 0.2) is 0 Å². The van der Waals surface area contributed by atoms with Gasteiger partial charge in [0.25, 0.3) is 5.91 Å². The van der Waals surface area contributed by atoms with E-state index in [4.69, 9.17) is 0 Å². The SMILES string of the molecule is CC1C[N+](=O)N(OOC(=O)NCc2ccc3c(c2F)C(=O)N(C2CCC(=O)NC2=O)C3)C1C(F)(F)F. The maximum absolute atomic E-state index is 15.1. The number of fused-ring (bicyclic) bond motifs is 1. The summed E-state index contributed by atoms with van der Waals surface area (Å²) in [5.74, 6) is -4.01. The van der Waals surface area contributed by atoms with E-state index in [0.717, 1.165) is 4.90 Å². The van der Waals surface area contributed by atoms with Gasteiger partial charge in [0.1, 0.15) is 16.7 Å². The molecular weight excluding hydrogens is 498 g/mol. The van der Waals surface area contributed by atoms with Crippen molar-refractivity contribution >= 4 is 23.8 Å². The quantitative estimate of drug-likeness (QED) is 0.195. The number of amides is 4. The third-order valence-electron chi connectivity index (χ3n) is 6.10. The molecule has 3 aliphatic heterocycles. The van der Waals surface area contributed by atoms with E-state index in [1.807, 2.05) is 0 Å². The van der Waals surface area contributed by atoms with E-state index < -0.39 is 66.9 Å². The Bertz CT molecular complexity index is 1140. The second-order valence-electron chi connectivity index (χ2n) is 8.57. The first-order valence-electron chi connectivity index (χ1n) is 10.8. The number of nitrogens with one attached hydrogen (secondary N) is 2. The molecule has 194 valence electrons. The second-order valence-corrected chi connectivity index (χ2v) is 8.57. The third kappa shape index (κ3) is 4.67. The summed E-state index contributed by atoms with van der Waals surface area (Å²) < 4.78 is 54.5. The number of rotatable bonds is 5. The summed E-state index contributed by atoms with van der Waals surface area (Å²) in [4.78, 5) is 69.4. The summed E-state index contributed by atoms with van der Waals surface area (Å²) in [7, 11) is 0. The summed E-state index contributed by atoms with van der Waals surface area (Å²) in [6.07, 6.45) is -6.12. The van der Waals surface area contributed by atoms with Crippen LogP contribution < -0.4 is 10.6 Å². The monoisotopic (exact) mass is 518 g/mol. The standard InChI is InChI=1S/C20H19F4N5O7/c1-9-7-28(34)29(16(9)20(22,23)24)36-35-19(33)25-6-10-2-3-11-8-27(18(32)14(11)15(10)21)12-4-5-13(30)26-17(12)31/h2-3,9,12,16H,4-8H2,1H3,(H-,25,26,30,31,33)/p+1. The number of carbonyl (C=O) groups is 4. The highest BCUT2D eigenvalue weighted by Crippen LogP contribution is 2.35. The van der Waals surface area contributed by atoms with Crippen LogP contribution in [0.3, 0.4) is 0 Å². The summed E-state index contributed by atoms with van der Waals surface area (Å²) in [6.45, 7) is 0.0412. The van der Waals surface area contributed by atoms with E-state index in [0.29, 0.717) is 5.56 Å². The van der Waals surface area contributed by atoms with Gasteiger partial charge < -0.3 is 10.2 Å². The molecule has 4 rings (SSSR count). The van der Waals surface area contributed by atoms with Crippen molar-refractivity contribution < 1.29 is 51.5 Å². The number of halogens is 4. The van der Waals surface area contributed by atoms with Gasteiger partial charge in [0.05, 0.1) is 16.4 Å². The van der Waals surface area contributed by atoms with Crippen LogP contribution in [0.5, 0.6) is 0 Å². The number of hydrogen-bond acceptors (Lipinski definition) is 7. The van der Waals surface area contributed by atoms with Crippen LogP contribution >= 0.6 is 0 Å². The van der Waals surface area contributed by atoms with Crippen LogP contribution in [0.25, 0.3) is 0 Å². The van der Waals surface area contributed by atoms with Crippen LogP contribution in [-0.2, 0) is 32.6 Å². The zero-order chi connectivity index (χ0) is 26.4. The van der Waals surface area contributed by atoms with Crippen molar-refractivity contribution in [1.82, 2.24) is 20.7 Å². The van der Waals surface area contributed by atoms with Gasteiger partial charge in [-0.2, -0.15) is 13.2 Å². The highest BCUT2D eigenvalue weighted by atomic mass is 19.4. The topological polar surface area (TPSA) is 137 Å². The Morgan fingerprint density at radius 1 is 1.28 bits per heavy atom. The van der Waals surface area contributed by atoms with Crippen LogP contribution in [0.2, 0.25) is 0 Å². The first kappa shape index (κ1) is 25.3. The summed E-state index contributed by atoms with van der Waals surface area (Å²) in [5.41, 5.74) is -0.156. The molecular formula is C20H20F4N5O7+. The van der Waals surface area contributed by atoms with E-state index in [1.165, 1.54) is 19.1 Å². The van der Waals surface area contributed by atoms with Gasteiger partial charge in [0.2, 0.25) is 24.4 Å². The number of benzene rings is 1. The summed E-state index contributed by atoms with van der Waals surface area (Å²) in [6, 6.07) is -0.575. The fraction of sp³-hybridized carbons (Fsp3) is 0.500. The molecule has 3 unspecified atom stereocenters. The molecule has 0 spiro atoms. The van der Waals surface area contributed by atoms with Crippen molar-refractivity contribution in [1.29, 1.82) is 0 Å². The Balaban J connectivity index is 1.37. The highest BCUT2D eigenvalue weighted by molar-refractivity contribution is 6.05. The van der Waals surface area contributed by atoms with Crippen LogP contribution in [-0.4, -0.2) is 63.6 Å². The van der Waals surface area contributed by atoms with Gasteiger partial charge in [-0.3, -0.25) is 19.7 Å². The minimum absolute atomic E-state index is 0.0303. The number of imide groups is 1. The predicted molar refractivity (Wildman–Crippen MR) is 106 cm³/mol. The average Bonchev–Trinajstić information content (AvgIpc) is 3.27. The molecule has 0 aliphatic carbocycles. The largest absolute Gasteiger partial charge is 0.441 e. The molecule has 3 aliphatic rings. The van der Waals surface area contributed by atoms with Crippen molar-refractivity contribution in [3.63, 3.8) is 0 Å². The number of nitroso groups, excluding NO2 is 1. The molecule has 3 atom stereocenters. The lowest BCUT2D eigenvalue weighted by atomic mass is 10.0. The minimum atomic E-state index is -4.83. The van der Waals surface area contributed by atoms with E-state index in [1.54, 1.807) is 0 Å². The first-order valence-corrected chi connectivity index (χ1v) is 10.8. The molecule has 1 aromatic carbocycles. The number of piperidine rings is 1.